The number of hydrogen-bond acceptors (Lipinski definition) is 2. The zero-order valence-electron chi connectivity index (χ0n) is 9.58. The second-order valence-corrected chi connectivity index (χ2v) is 4.32. The molecule has 2 nitrogen and oxygen atoms in total. The van der Waals surface area contributed by atoms with E-state index >= 15 is 0 Å². The normalized spacial score (nSPS) is 22.2. The molecule has 88 valence electrons. The van der Waals surface area contributed by atoms with Crippen molar-refractivity contribution in [2.45, 2.75) is 31.9 Å². The lowest BCUT2D eigenvalue weighted by molar-refractivity contribution is 0.108. The van der Waals surface area contributed by atoms with Crippen LogP contribution in [0, 0.1) is 5.82 Å². The molecule has 1 fully saturated rings. The largest absolute Gasteiger partial charge is 0.377 e. The minimum Gasteiger partial charge on any atom is -0.377 e. The maximum absolute atomic E-state index is 12.7. The van der Waals surface area contributed by atoms with Crippen LogP contribution in [0.1, 0.15) is 31.4 Å². The first-order valence-corrected chi connectivity index (χ1v) is 5.86. The minimum atomic E-state index is -0.185. The van der Waals surface area contributed by atoms with Gasteiger partial charge in [0, 0.05) is 19.2 Å². The number of ether oxygens (including phenoxy) is 1. The van der Waals surface area contributed by atoms with E-state index in [4.69, 9.17) is 4.74 Å². The van der Waals surface area contributed by atoms with Gasteiger partial charge >= 0.3 is 0 Å². The fraction of sp³-hybridized carbons (Fsp3) is 0.538. The molecule has 1 N–H and O–H groups in total. The second kappa shape index (κ2) is 5.41. The Morgan fingerprint density at radius 1 is 1.44 bits per heavy atom. The fourth-order valence-corrected chi connectivity index (χ4v) is 1.98. The smallest absolute Gasteiger partial charge is 0.123 e. The van der Waals surface area contributed by atoms with E-state index in [-0.39, 0.29) is 11.9 Å². The van der Waals surface area contributed by atoms with Crippen molar-refractivity contribution in [3.8, 4) is 0 Å². The van der Waals surface area contributed by atoms with E-state index in [1.54, 1.807) is 0 Å². The summed E-state index contributed by atoms with van der Waals surface area (Å²) in [5.41, 5.74) is 1.11. The Balaban J connectivity index is 1.82. The molecule has 2 atom stereocenters. The van der Waals surface area contributed by atoms with E-state index in [0.29, 0.717) is 6.10 Å². The van der Waals surface area contributed by atoms with Gasteiger partial charge in [-0.1, -0.05) is 12.1 Å². The summed E-state index contributed by atoms with van der Waals surface area (Å²) in [6.07, 6.45) is 2.66. The monoisotopic (exact) mass is 223 g/mol. The molecule has 1 heterocycles. The van der Waals surface area contributed by atoms with Crippen molar-refractivity contribution in [3.05, 3.63) is 35.6 Å². The lowest BCUT2D eigenvalue weighted by Gasteiger charge is -2.17. The Bertz CT molecular complexity index is 319. The van der Waals surface area contributed by atoms with E-state index in [2.05, 4.69) is 12.2 Å². The van der Waals surface area contributed by atoms with Crippen molar-refractivity contribution in [1.29, 1.82) is 0 Å². The van der Waals surface area contributed by atoms with Gasteiger partial charge in [0.2, 0.25) is 0 Å². The Morgan fingerprint density at radius 3 is 2.81 bits per heavy atom. The van der Waals surface area contributed by atoms with Gasteiger partial charge in [-0.2, -0.15) is 0 Å². The van der Waals surface area contributed by atoms with Crippen molar-refractivity contribution >= 4 is 0 Å². The van der Waals surface area contributed by atoms with E-state index in [0.717, 1.165) is 31.6 Å². The Morgan fingerprint density at radius 2 is 2.19 bits per heavy atom. The third-order valence-corrected chi connectivity index (χ3v) is 3.05. The van der Waals surface area contributed by atoms with Crippen molar-refractivity contribution in [3.63, 3.8) is 0 Å². The summed E-state index contributed by atoms with van der Waals surface area (Å²) in [5.74, 6) is -0.185. The average molecular weight is 223 g/mol. The van der Waals surface area contributed by atoms with Gasteiger partial charge in [-0.15, -0.1) is 0 Å². The first kappa shape index (κ1) is 11.6. The molecule has 0 amide bonds. The molecule has 0 bridgehead atoms. The van der Waals surface area contributed by atoms with Gasteiger partial charge in [0.1, 0.15) is 5.82 Å². The molecule has 1 saturated heterocycles. The summed E-state index contributed by atoms with van der Waals surface area (Å²) >= 11 is 0. The summed E-state index contributed by atoms with van der Waals surface area (Å²) < 4.78 is 18.3. The molecule has 0 aliphatic carbocycles. The predicted octanol–water partition coefficient (Wildman–Crippen LogP) is 2.66. The van der Waals surface area contributed by atoms with Gasteiger partial charge in [-0.3, -0.25) is 0 Å². The summed E-state index contributed by atoms with van der Waals surface area (Å²) in [4.78, 5) is 0. The maximum atomic E-state index is 12.7. The highest BCUT2D eigenvalue weighted by Gasteiger charge is 2.16. The van der Waals surface area contributed by atoms with Gasteiger partial charge in [-0.05, 0) is 37.5 Å². The van der Waals surface area contributed by atoms with Gasteiger partial charge < -0.3 is 10.1 Å². The third-order valence-electron chi connectivity index (χ3n) is 3.05. The van der Waals surface area contributed by atoms with Crippen LogP contribution in [-0.2, 0) is 4.74 Å². The van der Waals surface area contributed by atoms with Gasteiger partial charge in [0.15, 0.2) is 0 Å². The van der Waals surface area contributed by atoms with Crippen molar-refractivity contribution in [1.82, 2.24) is 5.32 Å². The number of nitrogens with one attached hydrogen (secondary N) is 1. The van der Waals surface area contributed by atoms with E-state index < -0.39 is 0 Å². The zero-order valence-corrected chi connectivity index (χ0v) is 9.58. The molecule has 1 aromatic rings. The summed E-state index contributed by atoms with van der Waals surface area (Å²) in [5, 5.41) is 3.41. The van der Waals surface area contributed by atoms with Crippen molar-refractivity contribution < 1.29 is 9.13 Å². The van der Waals surface area contributed by atoms with Crippen LogP contribution in [0.25, 0.3) is 0 Å². The van der Waals surface area contributed by atoms with Crippen molar-refractivity contribution in [2.24, 2.45) is 0 Å². The first-order chi connectivity index (χ1) is 7.75. The van der Waals surface area contributed by atoms with Crippen LogP contribution in [0.2, 0.25) is 0 Å². The molecular formula is C13H18FNO. The predicted molar refractivity (Wildman–Crippen MR) is 61.8 cm³/mol. The molecule has 16 heavy (non-hydrogen) atoms. The molecule has 1 aromatic carbocycles. The number of benzene rings is 1. The highest BCUT2D eigenvalue weighted by Crippen LogP contribution is 2.15. The molecule has 2 unspecified atom stereocenters. The summed E-state index contributed by atoms with van der Waals surface area (Å²) in [6, 6.07) is 6.88. The van der Waals surface area contributed by atoms with Crippen LogP contribution in [0.5, 0.6) is 0 Å². The highest BCUT2D eigenvalue weighted by molar-refractivity contribution is 5.19. The maximum Gasteiger partial charge on any atom is 0.123 e. The fourth-order valence-electron chi connectivity index (χ4n) is 1.98. The van der Waals surface area contributed by atoms with Crippen LogP contribution in [0.4, 0.5) is 4.39 Å². The van der Waals surface area contributed by atoms with Gasteiger partial charge in [0.05, 0.1) is 6.10 Å². The second-order valence-electron chi connectivity index (χ2n) is 4.32. The molecule has 1 aliphatic heterocycles. The SMILES string of the molecule is CC(NCC1CCCO1)c1ccc(F)cc1. The summed E-state index contributed by atoms with van der Waals surface area (Å²) in [7, 11) is 0. The Hall–Kier alpha value is -0.930. The van der Waals surface area contributed by atoms with Crippen LogP contribution >= 0.6 is 0 Å². The number of rotatable bonds is 4. The molecule has 1 aliphatic rings. The zero-order chi connectivity index (χ0) is 11.4. The number of hydrogen-bond donors (Lipinski definition) is 1. The quantitative estimate of drug-likeness (QED) is 0.847. The molecular weight excluding hydrogens is 205 g/mol. The molecule has 2 rings (SSSR count). The topological polar surface area (TPSA) is 21.3 Å². The molecule has 0 spiro atoms. The first-order valence-electron chi connectivity index (χ1n) is 5.86. The van der Waals surface area contributed by atoms with Crippen LogP contribution in [-0.4, -0.2) is 19.3 Å². The Kier molecular flexibility index (Phi) is 3.91. The van der Waals surface area contributed by atoms with Crippen LogP contribution < -0.4 is 5.32 Å². The standard InChI is InChI=1S/C13H18FNO/c1-10(11-4-6-12(14)7-5-11)15-9-13-3-2-8-16-13/h4-7,10,13,15H,2-3,8-9H2,1H3. The minimum absolute atomic E-state index is 0.185. The summed E-state index contributed by atoms with van der Waals surface area (Å²) in [6.45, 7) is 3.85. The van der Waals surface area contributed by atoms with Crippen LogP contribution in [0.15, 0.2) is 24.3 Å². The van der Waals surface area contributed by atoms with Gasteiger partial charge in [-0.25, -0.2) is 4.39 Å². The Labute approximate surface area is 95.8 Å². The van der Waals surface area contributed by atoms with Crippen molar-refractivity contribution in [2.75, 3.05) is 13.2 Å². The van der Waals surface area contributed by atoms with E-state index in [1.165, 1.54) is 12.1 Å². The third kappa shape index (κ3) is 3.03. The van der Waals surface area contributed by atoms with Gasteiger partial charge in [0.25, 0.3) is 0 Å². The van der Waals surface area contributed by atoms with E-state index in [9.17, 15) is 4.39 Å². The molecule has 0 radical (unpaired) electrons. The molecule has 3 heteroatoms. The lowest BCUT2D eigenvalue weighted by Crippen LogP contribution is -2.28. The highest BCUT2D eigenvalue weighted by atomic mass is 19.1. The van der Waals surface area contributed by atoms with Crippen LogP contribution in [0.3, 0.4) is 0 Å². The number of halogens is 1. The molecule has 0 aromatic heterocycles. The lowest BCUT2D eigenvalue weighted by atomic mass is 10.1. The molecule has 0 saturated carbocycles. The van der Waals surface area contributed by atoms with E-state index in [1.807, 2.05) is 12.1 Å². The average Bonchev–Trinajstić information content (AvgIpc) is 2.80.